The number of aromatic nitrogens is 2. The Kier molecular flexibility index (Phi) is 4.11. The van der Waals surface area contributed by atoms with Gasteiger partial charge in [0.15, 0.2) is 5.65 Å². The van der Waals surface area contributed by atoms with Crippen LogP contribution in [0.5, 0.6) is 0 Å². The molecule has 0 aliphatic heterocycles. The smallest absolute Gasteiger partial charge is 0.345 e. The molecule has 0 radical (unpaired) electrons. The van der Waals surface area contributed by atoms with Gasteiger partial charge >= 0.3 is 5.97 Å². The maximum absolute atomic E-state index is 13.0. The number of rotatable bonds is 2. The number of pyridine rings is 2. The van der Waals surface area contributed by atoms with Crippen molar-refractivity contribution in [3.05, 3.63) is 62.5 Å². The second-order valence-corrected chi connectivity index (χ2v) is 6.02. The first-order chi connectivity index (χ1) is 11.5. The molecule has 2 N–H and O–H groups in total. The molecule has 0 saturated heterocycles. The van der Waals surface area contributed by atoms with Gasteiger partial charge in [0, 0.05) is 5.39 Å². The second kappa shape index (κ2) is 6.09. The van der Waals surface area contributed by atoms with Gasteiger partial charge < -0.3 is 10.5 Å². The summed E-state index contributed by atoms with van der Waals surface area (Å²) in [6, 6.07) is 10.8. The summed E-state index contributed by atoms with van der Waals surface area (Å²) in [5, 5.41) is 0.501. The summed E-state index contributed by atoms with van der Waals surface area (Å²) in [5.41, 5.74) is 7.23. The molecule has 2 heterocycles. The molecule has 0 aliphatic carbocycles. The molecule has 2 aromatic heterocycles. The van der Waals surface area contributed by atoms with Crippen LogP contribution in [-0.4, -0.2) is 22.6 Å². The summed E-state index contributed by atoms with van der Waals surface area (Å²) in [6.07, 6.45) is 0. The standard InChI is InChI=1S/C17H14BrN3O3/c1-9-5-3-4-6-11(9)21-15-10(7-8-12(18)20-15)14(19)13(16(21)22)17(23)24-2/h3-8H,19H2,1-2H3. The highest BCUT2D eigenvalue weighted by Gasteiger charge is 2.23. The van der Waals surface area contributed by atoms with Gasteiger partial charge in [-0.3, -0.25) is 9.36 Å². The number of nitrogens with zero attached hydrogens (tertiary/aromatic N) is 2. The summed E-state index contributed by atoms with van der Waals surface area (Å²) >= 11 is 3.31. The first-order valence-corrected chi connectivity index (χ1v) is 7.90. The number of hydrogen-bond donors (Lipinski definition) is 1. The Morgan fingerprint density at radius 2 is 1.96 bits per heavy atom. The summed E-state index contributed by atoms with van der Waals surface area (Å²) < 4.78 is 6.67. The lowest BCUT2D eigenvalue weighted by Gasteiger charge is -2.15. The molecule has 0 unspecified atom stereocenters. The van der Waals surface area contributed by atoms with E-state index < -0.39 is 11.5 Å². The molecule has 0 atom stereocenters. The zero-order valence-electron chi connectivity index (χ0n) is 13.0. The summed E-state index contributed by atoms with van der Waals surface area (Å²) in [5.74, 6) is -0.773. The van der Waals surface area contributed by atoms with Crippen molar-refractivity contribution in [2.45, 2.75) is 6.92 Å². The van der Waals surface area contributed by atoms with Crippen molar-refractivity contribution in [3.63, 3.8) is 0 Å². The van der Waals surface area contributed by atoms with Gasteiger partial charge in [-0.15, -0.1) is 0 Å². The molecule has 1 aromatic carbocycles. The number of hydrogen-bond acceptors (Lipinski definition) is 5. The van der Waals surface area contributed by atoms with E-state index in [1.807, 2.05) is 25.1 Å². The number of halogens is 1. The first kappa shape index (κ1) is 16.2. The Bertz CT molecular complexity index is 1030. The number of nitrogen functional groups attached to an aromatic ring is 1. The number of aryl methyl sites for hydroxylation is 1. The maximum atomic E-state index is 13.0. The summed E-state index contributed by atoms with van der Waals surface area (Å²) in [7, 11) is 1.21. The lowest BCUT2D eigenvalue weighted by Crippen LogP contribution is -2.29. The fourth-order valence-electron chi connectivity index (χ4n) is 2.60. The van der Waals surface area contributed by atoms with E-state index in [2.05, 4.69) is 20.9 Å². The molecule has 0 spiro atoms. The number of fused-ring (bicyclic) bond motifs is 1. The molecule has 6 nitrogen and oxygen atoms in total. The minimum Gasteiger partial charge on any atom is -0.465 e. The van der Waals surface area contributed by atoms with E-state index in [4.69, 9.17) is 10.5 Å². The molecule has 0 aliphatic rings. The number of anilines is 1. The third-order valence-corrected chi connectivity index (χ3v) is 4.22. The van der Waals surface area contributed by atoms with Crippen LogP contribution in [-0.2, 0) is 4.74 Å². The van der Waals surface area contributed by atoms with E-state index in [9.17, 15) is 9.59 Å². The molecule has 0 fully saturated rings. The fourth-order valence-corrected chi connectivity index (χ4v) is 2.90. The van der Waals surface area contributed by atoms with Crippen molar-refractivity contribution >= 4 is 38.6 Å². The highest BCUT2D eigenvalue weighted by molar-refractivity contribution is 9.10. The normalized spacial score (nSPS) is 10.8. The van der Waals surface area contributed by atoms with Crippen LogP contribution in [0.4, 0.5) is 5.69 Å². The van der Waals surface area contributed by atoms with E-state index in [0.717, 1.165) is 5.56 Å². The predicted molar refractivity (Wildman–Crippen MR) is 95.5 cm³/mol. The number of nitrogens with two attached hydrogens (primary N) is 1. The van der Waals surface area contributed by atoms with Crippen LogP contribution in [0.25, 0.3) is 16.7 Å². The molecule has 122 valence electrons. The van der Waals surface area contributed by atoms with E-state index in [1.54, 1.807) is 18.2 Å². The lowest BCUT2D eigenvalue weighted by atomic mass is 10.1. The number of esters is 1. The molecule has 0 saturated carbocycles. The molecule has 24 heavy (non-hydrogen) atoms. The molecule has 3 rings (SSSR count). The van der Waals surface area contributed by atoms with E-state index in [1.165, 1.54) is 11.7 Å². The molecule has 3 aromatic rings. The van der Waals surface area contributed by atoms with E-state index in [0.29, 0.717) is 21.3 Å². The number of para-hydroxylation sites is 1. The van der Waals surface area contributed by atoms with Crippen LogP contribution in [0.15, 0.2) is 45.8 Å². The first-order valence-electron chi connectivity index (χ1n) is 7.10. The van der Waals surface area contributed by atoms with Crippen LogP contribution in [0.1, 0.15) is 15.9 Å². The van der Waals surface area contributed by atoms with Gasteiger partial charge in [-0.25, -0.2) is 9.78 Å². The third kappa shape index (κ3) is 2.46. The summed E-state index contributed by atoms with van der Waals surface area (Å²) in [6.45, 7) is 1.87. The maximum Gasteiger partial charge on any atom is 0.345 e. The average molecular weight is 388 g/mol. The highest BCUT2D eigenvalue weighted by Crippen LogP contribution is 2.26. The lowest BCUT2D eigenvalue weighted by molar-refractivity contribution is 0.0600. The Morgan fingerprint density at radius 1 is 1.25 bits per heavy atom. The third-order valence-electron chi connectivity index (χ3n) is 3.78. The number of carbonyl (C=O) groups excluding carboxylic acids is 1. The van der Waals surface area contributed by atoms with Crippen molar-refractivity contribution < 1.29 is 9.53 Å². The van der Waals surface area contributed by atoms with Crippen molar-refractivity contribution in [2.75, 3.05) is 12.8 Å². The van der Waals surface area contributed by atoms with Gasteiger partial charge in [0.05, 0.1) is 18.5 Å². The Morgan fingerprint density at radius 3 is 2.62 bits per heavy atom. The Hall–Kier alpha value is -2.67. The van der Waals surface area contributed by atoms with Gasteiger partial charge in [-0.05, 0) is 46.6 Å². The molecule has 7 heteroatoms. The second-order valence-electron chi connectivity index (χ2n) is 5.21. The van der Waals surface area contributed by atoms with Gasteiger partial charge in [0.1, 0.15) is 10.2 Å². The highest BCUT2D eigenvalue weighted by atomic mass is 79.9. The van der Waals surface area contributed by atoms with Gasteiger partial charge in [-0.1, -0.05) is 18.2 Å². The minimum absolute atomic E-state index is 0.0617. The van der Waals surface area contributed by atoms with Gasteiger partial charge in [0.25, 0.3) is 5.56 Å². The monoisotopic (exact) mass is 387 g/mol. The van der Waals surface area contributed by atoms with Crippen molar-refractivity contribution in [3.8, 4) is 5.69 Å². The number of ether oxygens (including phenoxy) is 1. The molecule has 0 bridgehead atoms. The van der Waals surface area contributed by atoms with Gasteiger partial charge in [0.2, 0.25) is 0 Å². The van der Waals surface area contributed by atoms with E-state index in [-0.39, 0.29) is 11.3 Å². The Balaban J connectivity index is 2.56. The van der Waals surface area contributed by atoms with Crippen LogP contribution in [0.3, 0.4) is 0 Å². The SMILES string of the molecule is COC(=O)c1c(N)c2ccc(Br)nc2n(-c2ccccc2C)c1=O. The fraction of sp³-hybridized carbons (Fsp3) is 0.118. The number of benzene rings is 1. The van der Waals surface area contributed by atoms with Gasteiger partial charge in [-0.2, -0.15) is 0 Å². The van der Waals surface area contributed by atoms with Crippen LogP contribution < -0.4 is 11.3 Å². The van der Waals surface area contributed by atoms with Crippen LogP contribution in [0, 0.1) is 6.92 Å². The zero-order chi connectivity index (χ0) is 17.4. The van der Waals surface area contributed by atoms with E-state index >= 15 is 0 Å². The van der Waals surface area contributed by atoms with Crippen LogP contribution >= 0.6 is 15.9 Å². The molecule has 0 amide bonds. The topological polar surface area (TPSA) is 87.2 Å². The van der Waals surface area contributed by atoms with Crippen molar-refractivity contribution in [1.82, 2.24) is 9.55 Å². The summed E-state index contributed by atoms with van der Waals surface area (Å²) in [4.78, 5) is 29.5. The van der Waals surface area contributed by atoms with Crippen molar-refractivity contribution in [1.29, 1.82) is 0 Å². The number of carbonyl (C=O) groups is 1. The predicted octanol–water partition coefficient (Wildman–Crippen LogP) is 2.83. The largest absolute Gasteiger partial charge is 0.465 e. The minimum atomic E-state index is -0.773. The van der Waals surface area contributed by atoms with Crippen LogP contribution in [0.2, 0.25) is 0 Å². The van der Waals surface area contributed by atoms with Crippen molar-refractivity contribution in [2.24, 2.45) is 0 Å². The molecular weight excluding hydrogens is 374 g/mol. The quantitative estimate of drug-likeness (QED) is 0.539. The average Bonchev–Trinajstić information content (AvgIpc) is 2.56. The Labute approximate surface area is 146 Å². The number of methoxy groups -OCH3 is 1. The molecular formula is C17H14BrN3O3. The zero-order valence-corrected chi connectivity index (χ0v) is 14.6.